The Balaban J connectivity index is 3.08. The van der Waals surface area contributed by atoms with Crippen LogP contribution in [0.25, 0.3) is 0 Å². The Morgan fingerprint density at radius 2 is 1.92 bits per heavy atom. The monoisotopic (exact) mass is 187 g/mol. The van der Waals surface area contributed by atoms with Gasteiger partial charge in [-0.3, -0.25) is 0 Å². The Morgan fingerprint density at radius 1 is 1.15 bits per heavy atom. The minimum atomic E-state index is -0.279. The number of unbranched alkanes of at least 4 members (excludes halogenated alkanes) is 3. The van der Waals surface area contributed by atoms with E-state index >= 15 is 0 Å². The average Bonchev–Trinajstić information content (AvgIpc) is 2.14. The predicted molar refractivity (Wildman–Crippen MR) is 53.8 cm³/mol. The highest BCUT2D eigenvalue weighted by Gasteiger charge is 1.98. The zero-order chi connectivity index (χ0) is 9.94. The number of carbonyl (C=O) groups is 1. The largest absolute Gasteiger partial charge is 0.450 e. The van der Waals surface area contributed by atoms with Crippen LogP contribution in [-0.4, -0.2) is 19.2 Å². The molecule has 0 bridgehead atoms. The lowest BCUT2D eigenvalue weighted by atomic mass is 10.2. The molecule has 0 aromatic carbocycles. The van der Waals surface area contributed by atoms with Crippen LogP contribution in [0.15, 0.2) is 0 Å². The van der Waals surface area contributed by atoms with Gasteiger partial charge in [-0.15, -0.1) is 0 Å². The summed E-state index contributed by atoms with van der Waals surface area (Å²) in [6.07, 6.45) is 5.23. The van der Waals surface area contributed by atoms with Crippen molar-refractivity contribution in [3.05, 3.63) is 0 Å². The molecular weight excluding hydrogens is 166 g/mol. The second-order valence-electron chi connectivity index (χ2n) is 3.12. The number of amides is 1. The number of nitrogens with one attached hydrogen (secondary N) is 1. The zero-order valence-corrected chi connectivity index (χ0v) is 8.77. The Morgan fingerprint density at radius 3 is 2.54 bits per heavy atom. The molecule has 0 atom stereocenters. The Hall–Kier alpha value is -0.730. The standard InChI is InChI=1S/C10H21NO2/c1-3-5-6-7-9-13-10(12)11-8-4-2/h3-9H2,1-2H3,(H,11,12). The molecule has 0 aromatic rings. The van der Waals surface area contributed by atoms with Gasteiger partial charge in [-0.2, -0.15) is 0 Å². The number of ether oxygens (including phenoxy) is 1. The number of carbonyl (C=O) groups excluding carboxylic acids is 1. The molecule has 0 heterocycles. The summed E-state index contributed by atoms with van der Waals surface area (Å²) in [5.41, 5.74) is 0. The smallest absolute Gasteiger partial charge is 0.407 e. The van der Waals surface area contributed by atoms with E-state index in [2.05, 4.69) is 12.2 Å². The summed E-state index contributed by atoms with van der Waals surface area (Å²) in [4.78, 5) is 10.9. The molecule has 1 amide bonds. The van der Waals surface area contributed by atoms with Gasteiger partial charge in [0.05, 0.1) is 6.61 Å². The van der Waals surface area contributed by atoms with Gasteiger partial charge >= 0.3 is 6.09 Å². The molecule has 0 aliphatic heterocycles. The molecule has 0 fully saturated rings. The van der Waals surface area contributed by atoms with E-state index in [1.54, 1.807) is 0 Å². The third kappa shape index (κ3) is 9.18. The van der Waals surface area contributed by atoms with Crippen molar-refractivity contribution >= 4 is 6.09 Å². The molecule has 78 valence electrons. The fraction of sp³-hybridized carbons (Fsp3) is 0.900. The van der Waals surface area contributed by atoms with Gasteiger partial charge < -0.3 is 10.1 Å². The number of rotatable bonds is 7. The first kappa shape index (κ1) is 12.3. The Kier molecular flexibility index (Phi) is 8.83. The van der Waals surface area contributed by atoms with Crippen LogP contribution < -0.4 is 5.32 Å². The summed E-state index contributed by atoms with van der Waals surface area (Å²) in [7, 11) is 0. The molecule has 0 rings (SSSR count). The maximum absolute atomic E-state index is 10.9. The van der Waals surface area contributed by atoms with E-state index < -0.39 is 0 Å². The van der Waals surface area contributed by atoms with Crippen LogP contribution in [0, 0.1) is 0 Å². The van der Waals surface area contributed by atoms with E-state index in [9.17, 15) is 4.79 Å². The minimum Gasteiger partial charge on any atom is -0.450 e. The van der Waals surface area contributed by atoms with Gasteiger partial charge in [0.2, 0.25) is 0 Å². The van der Waals surface area contributed by atoms with Crippen LogP contribution >= 0.6 is 0 Å². The average molecular weight is 187 g/mol. The summed E-state index contributed by atoms with van der Waals surface area (Å²) in [6.45, 7) is 5.43. The van der Waals surface area contributed by atoms with Crippen molar-refractivity contribution in [2.75, 3.05) is 13.2 Å². The van der Waals surface area contributed by atoms with Crippen molar-refractivity contribution in [1.29, 1.82) is 0 Å². The quantitative estimate of drug-likeness (QED) is 0.622. The van der Waals surface area contributed by atoms with Crippen molar-refractivity contribution in [3.8, 4) is 0 Å². The topological polar surface area (TPSA) is 38.3 Å². The predicted octanol–water partition coefficient (Wildman–Crippen LogP) is 2.70. The van der Waals surface area contributed by atoms with Gasteiger partial charge in [0.15, 0.2) is 0 Å². The summed E-state index contributed by atoms with van der Waals surface area (Å²) in [5.74, 6) is 0. The molecule has 13 heavy (non-hydrogen) atoms. The fourth-order valence-corrected chi connectivity index (χ4v) is 0.972. The molecule has 3 heteroatoms. The summed E-state index contributed by atoms with van der Waals surface area (Å²) < 4.78 is 4.94. The summed E-state index contributed by atoms with van der Waals surface area (Å²) >= 11 is 0. The first-order chi connectivity index (χ1) is 6.31. The zero-order valence-electron chi connectivity index (χ0n) is 8.77. The maximum atomic E-state index is 10.9. The van der Waals surface area contributed by atoms with Crippen molar-refractivity contribution in [2.45, 2.75) is 46.0 Å². The van der Waals surface area contributed by atoms with E-state index in [0.717, 1.165) is 19.3 Å². The SMILES string of the molecule is CCCCCCOC(=O)NCCC. The molecule has 3 nitrogen and oxygen atoms in total. The highest BCUT2D eigenvalue weighted by molar-refractivity contribution is 5.66. The van der Waals surface area contributed by atoms with Gasteiger partial charge in [-0.1, -0.05) is 33.1 Å². The molecule has 0 spiro atoms. The van der Waals surface area contributed by atoms with Crippen LogP contribution in [0.5, 0.6) is 0 Å². The lowest BCUT2D eigenvalue weighted by molar-refractivity contribution is 0.144. The molecule has 0 saturated carbocycles. The highest BCUT2D eigenvalue weighted by atomic mass is 16.5. The van der Waals surface area contributed by atoms with Gasteiger partial charge in [0.1, 0.15) is 0 Å². The molecule has 0 aromatic heterocycles. The van der Waals surface area contributed by atoms with E-state index in [0.29, 0.717) is 13.2 Å². The van der Waals surface area contributed by atoms with Crippen molar-refractivity contribution < 1.29 is 9.53 Å². The maximum Gasteiger partial charge on any atom is 0.407 e. The van der Waals surface area contributed by atoms with Gasteiger partial charge in [-0.05, 0) is 12.8 Å². The minimum absolute atomic E-state index is 0.279. The molecule has 0 unspecified atom stereocenters. The van der Waals surface area contributed by atoms with E-state index in [1.807, 2.05) is 6.92 Å². The lowest BCUT2D eigenvalue weighted by Gasteiger charge is -2.05. The Labute approximate surface area is 80.8 Å². The first-order valence-corrected chi connectivity index (χ1v) is 5.21. The van der Waals surface area contributed by atoms with Gasteiger partial charge in [0.25, 0.3) is 0 Å². The third-order valence-electron chi connectivity index (χ3n) is 1.75. The van der Waals surface area contributed by atoms with Crippen LogP contribution in [0.3, 0.4) is 0 Å². The number of alkyl carbamates (subject to hydrolysis) is 1. The molecule has 0 radical (unpaired) electrons. The molecule has 0 aliphatic rings. The van der Waals surface area contributed by atoms with Crippen LogP contribution in [0.1, 0.15) is 46.0 Å². The van der Waals surface area contributed by atoms with Gasteiger partial charge in [-0.25, -0.2) is 4.79 Å². The second kappa shape index (κ2) is 9.36. The van der Waals surface area contributed by atoms with Crippen LogP contribution in [-0.2, 0) is 4.74 Å². The fourth-order valence-electron chi connectivity index (χ4n) is 0.972. The highest BCUT2D eigenvalue weighted by Crippen LogP contribution is 1.98. The molecular formula is C10H21NO2. The number of hydrogen-bond donors (Lipinski definition) is 1. The Bertz CT molecular complexity index is 126. The van der Waals surface area contributed by atoms with Crippen molar-refractivity contribution in [3.63, 3.8) is 0 Å². The summed E-state index contributed by atoms with van der Waals surface area (Å²) in [6, 6.07) is 0. The second-order valence-corrected chi connectivity index (χ2v) is 3.12. The van der Waals surface area contributed by atoms with E-state index in [1.165, 1.54) is 12.8 Å². The van der Waals surface area contributed by atoms with E-state index in [4.69, 9.17) is 4.74 Å². The van der Waals surface area contributed by atoms with Crippen molar-refractivity contribution in [1.82, 2.24) is 5.32 Å². The van der Waals surface area contributed by atoms with E-state index in [-0.39, 0.29) is 6.09 Å². The first-order valence-electron chi connectivity index (χ1n) is 5.21. The number of hydrogen-bond acceptors (Lipinski definition) is 2. The lowest BCUT2D eigenvalue weighted by Crippen LogP contribution is -2.25. The van der Waals surface area contributed by atoms with Crippen LogP contribution in [0.4, 0.5) is 4.79 Å². The molecule has 1 N–H and O–H groups in total. The van der Waals surface area contributed by atoms with Gasteiger partial charge in [0, 0.05) is 6.54 Å². The molecule has 0 saturated heterocycles. The van der Waals surface area contributed by atoms with Crippen LogP contribution in [0.2, 0.25) is 0 Å². The normalized spacial score (nSPS) is 9.69. The third-order valence-corrected chi connectivity index (χ3v) is 1.75. The molecule has 0 aliphatic carbocycles. The van der Waals surface area contributed by atoms with Crippen molar-refractivity contribution in [2.24, 2.45) is 0 Å². The summed E-state index contributed by atoms with van der Waals surface area (Å²) in [5, 5.41) is 2.66.